The van der Waals surface area contributed by atoms with Gasteiger partial charge in [0, 0.05) is 53.2 Å². The fraction of sp³-hybridized carbons (Fsp3) is 0.309. The predicted octanol–water partition coefficient (Wildman–Crippen LogP) is 7.37. The van der Waals surface area contributed by atoms with E-state index in [2.05, 4.69) is 110 Å². The van der Waals surface area contributed by atoms with Crippen LogP contribution in [0.25, 0.3) is 5.69 Å². The number of halogens is 2. The van der Waals surface area contributed by atoms with Gasteiger partial charge in [-0.05, 0) is 46.2 Å². The first-order valence-electron chi connectivity index (χ1n) is 26.8. The first kappa shape index (κ1) is 61.6. The number of nitrogens with one attached hydrogen (secondary N) is 8. The summed E-state index contributed by atoms with van der Waals surface area (Å²) in [5.74, 6) is 2.04. The molecular formula is C55H60F2N28O2. The van der Waals surface area contributed by atoms with Gasteiger partial charge in [0.2, 0.25) is 23.8 Å². The number of anilines is 12. The zero-order valence-electron chi connectivity index (χ0n) is 48.8. The minimum Gasteiger partial charge on any atom is -0.377 e. The predicted molar refractivity (Wildman–Crippen MR) is 317 cm³/mol. The van der Waals surface area contributed by atoms with Crippen molar-refractivity contribution in [1.82, 2.24) is 79.0 Å². The minimum atomic E-state index is -0.687. The second-order valence-corrected chi connectivity index (χ2v) is 18.9. The molecule has 30 nitrogen and oxygen atoms in total. The number of rotatable bonds is 17. The van der Waals surface area contributed by atoms with Crippen LogP contribution in [-0.4, -0.2) is 134 Å². The van der Waals surface area contributed by atoms with Crippen LogP contribution in [0.5, 0.6) is 0 Å². The molecule has 0 amide bonds. The van der Waals surface area contributed by atoms with Crippen molar-refractivity contribution in [1.29, 1.82) is 21.0 Å². The van der Waals surface area contributed by atoms with Gasteiger partial charge in [-0.25, -0.2) is 33.4 Å². The minimum absolute atomic E-state index is 0.261. The molecule has 10 heterocycles. The highest BCUT2D eigenvalue weighted by Gasteiger charge is 2.25. The summed E-state index contributed by atoms with van der Waals surface area (Å²) in [6.45, 7) is 13.3. The van der Waals surface area contributed by atoms with Gasteiger partial charge in [0.15, 0.2) is 0 Å². The first-order valence-corrected chi connectivity index (χ1v) is 26.8. The number of hydrogen-bond acceptors (Lipinski definition) is 26. The lowest BCUT2D eigenvalue weighted by molar-refractivity contribution is -0.0294. The molecule has 0 aliphatic carbocycles. The van der Waals surface area contributed by atoms with Crippen molar-refractivity contribution in [2.45, 2.75) is 59.7 Å². The molecule has 0 saturated carbocycles. The maximum Gasteiger partial charge on any atom is 0.229 e. The number of ether oxygens (including phenoxy) is 2. The molecule has 2 saturated heterocycles. The average Bonchev–Trinajstić information content (AvgIpc) is 2.48. The number of nitriles is 4. The molecule has 0 radical (unpaired) electrons. The van der Waals surface area contributed by atoms with Crippen LogP contribution in [-0.2, 0) is 16.0 Å². The molecule has 446 valence electrons. The van der Waals surface area contributed by atoms with Gasteiger partial charge in [-0.1, -0.05) is 6.92 Å². The molecule has 11 rings (SSSR count). The van der Waals surface area contributed by atoms with Crippen LogP contribution < -0.4 is 42.5 Å². The normalized spacial score (nSPS) is 12.2. The van der Waals surface area contributed by atoms with Crippen LogP contribution in [0.3, 0.4) is 0 Å². The van der Waals surface area contributed by atoms with E-state index >= 15 is 0 Å². The molecule has 0 atom stereocenters. The van der Waals surface area contributed by atoms with Crippen LogP contribution in [0.4, 0.5) is 78.6 Å². The topological polar surface area (TPSA) is 384 Å². The lowest BCUT2D eigenvalue weighted by Crippen LogP contribution is -2.32. The van der Waals surface area contributed by atoms with E-state index in [1.54, 1.807) is 41.3 Å². The van der Waals surface area contributed by atoms with Crippen LogP contribution in [0.2, 0.25) is 0 Å². The van der Waals surface area contributed by atoms with E-state index in [1.165, 1.54) is 47.8 Å². The van der Waals surface area contributed by atoms with E-state index in [9.17, 15) is 8.78 Å². The monoisotopic (exact) mass is 1180 g/mol. The molecule has 0 unspecified atom stereocenters. The Labute approximate surface area is 497 Å². The SMILES string of the molecule is CCCn1cc(Nc2ncc(C#N)c(NC)n2)c(C)n1.CNc1nc(Nc2cn(C3COC3)nc2C)ncc1C#N.CNc1nc(Nc2cnn(-c3cc(F)cc(F)c3)c2C)ncc1C#N.CNc1nc(Nc2cnn(C3COC3)c2C)ncc1C#N. The second kappa shape index (κ2) is 28.7. The number of hydrogen-bond donors (Lipinski definition) is 8. The maximum absolute atomic E-state index is 13.4. The Hall–Kier alpha value is -11.5. The molecule has 87 heavy (non-hydrogen) atoms. The Morgan fingerprint density at radius 2 is 0.920 bits per heavy atom. The van der Waals surface area contributed by atoms with Gasteiger partial charge in [-0.3, -0.25) is 14.0 Å². The molecule has 32 heteroatoms. The van der Waals surface area contributed by atoms with Gasteiger partial charge in [-0.2, -0.15) is 61.4 Å². The van der Waals surface area contributed by atoms with Gasteiger partial charge < -0.3 is 52.0 Å². The van der Waals surface area contributed by atoms with Gasteiger partial charge in [0.05, 0.1) is 127 Å². The molecule has 8 aromatic heterocycles. The summed E-state index contributed by atoms with van der Waals surface area (Å²) in [6.07, 6.45) is 14.0. The zero-order chi connectivity index (χ0) is 62.1. The fourth-order valence-corrected chi connectivity index (χ4v) is 8.22. The van der Waals surface area contributed by atoms with Gasteiger partial charge >= 0.3 is 0 Å². The van der Waals surface area contributed by atoms with E-state index in [0.717, 1.165) is 53.2 Å². The average molecular weight is 1180 g/mol. The third-order valence-corrected chi connectivity index (χ3v) is 13.0. The van der Waals surface area contributed by atoms with Crippen LogP contribution in [0.1, 0.15) is 70.5 Å². The Morgan fingerprint density at radius 1 is 0.517 bits per heavy atom. The molecular weight excluding hydrogens is 1120 g/mol. The Morgan fingerprint density at radius 3 is 1.32 bits per heavy atom. The van der Waals surface area contributed by atoms with Crippen molar-refractivity contribution in [2.75, 3.05) is 97.2 Å². The Bertz CT molecular complexity index is 3960. The fourth-order valence-electron chi connectivity index (χ4n) is 8.22. The summed E-state index contributed by atoms with van der Waals surface area (Å²) in [6, 6.07) is 11.9. The summed E-state index contributed by atoms with van der Waals surface area (Å²) in [4.78, 5) is 33.5. The summed E-state index contributed by atoms with van der Waals surface area (Å²) in [5, 5.41) is 77.0. The number of aromatic nitrogens is 16. The summed E-state index contributed by atoms with van der Waals surface area (Å²) in [7, 11) is 6.80. The van der Waals surface area contributed by atoms with E-state index in [4.69, 9.17) is 30.5 Å². The summed E-state index contributed by atoms with van der Waals surface area (Å²) < 4.78 is 44.3. The van der Waals surface area contributed by atoms with Gasteiger partial charge in [-0.15, -0.1) is 0 Å². The van der Waals surface area contributed by atoms with Crippen molar-refractivity contribution in [3.8, 4) is 30.0 Å². The molecule has 9 aromatic rings. The third-order valence-electron chi connectivity index (χ3n) is 13.0. The number of benzene rings is 1. The molecule has 2 fully saturated rings. The lowest BCUT2D eigenvalue weighted by Gasteiger charge is -2.27. The lowest BCUT2D eigenvalue weighted by atomic mass is 10.2. The van der Waals surface area contributed by atoms with E-state index < -0.39 is 11.6 Å². The van der Waals surface area contributed by atoms with Crippen LogP contribution >= 0.6 is 0 Å². The maximum atomic E-state index is 13.4. The van der Waals surface area contributed by atoms with Crippen molar-refractivity contribution < 1.29 is 18.3 Å². The highest BCUT2D eigenvalue weighted by atomic mass is 19.1. The third kappa shape index (κ3) is 15.0. The zero-order valence-corrected chi connectivity index (χ0v) is 48.8. The molecule has 2 aliphatic heterocycles. The largest absolute Gasteiger partial charge is 0.377 e. The Kier molecular flexibility index (Phi) is 20.3. The number of aryl methyl sites for hydroxylation is 3. The van der Waals surface area contributed by atoms with E-state index in [-0.39, 0.29) is 11.6 Å². The molecule has 2 aliphatic rings. The van der Waals surface area contributed by atoms with Crippen molar-refractivity contribution in [2.24, 2.45) is 0 Å². The van der Waals surface area contributed by atoms with E-state index in [1.807, 2.05) is 71.5 Å². The van der Waals surface area contributed by atoms with Crippen LogP contribution in [0, 0.1) is 84.7 Å². The van der Waals surface area contributed by atoms with Crippen molar-refractivity contribution in [3.05, 3.63) is 124 Å². The highest BCUT2D eigenvalue weighted by molar-refractivity contribution is 5.63. The smallest absolute Gasteiger partial charge is 0.229 e. The van der Waals surface area contributed by atoms with Gasteiger partial charge in [0.1, 0.15) is 81.4 Å². The Balaban J connectivity index is 0.000000151. The van der Waals surface area contributed by atoms with Gasteiger partial charge in [0.25, 0.3) is 0 Å². The van der Waals surface area contributed by atoms with Crippen LogP contribution in [0.15, 0.2) is 67.8 Å². The molecule has 0 spiro atoms. The summed E-state index contributed by atoms with van der Waals surface area (Å²) >= 11 is 0. The van der Waals surface area contributed by atoms with E-state index in [0.29, 0.717) is 113 Å². The van der Waals surface area contributed by atoms with Crippen molar-refractivity contribution >= 4 is 69.8 Å². The molecule has 1 aromatic carbocycles. The molecule has 0 bridgehead atoms. The first-order chi connectivity index (χ1) is 42.1. The standard InChI is InChI=1S/C16H13F2N7.2C13H15N7O.C13H17N7/c1-9-14(23-16-21-7-10(6-19)15(20-2)24-16)8-22-25(9)13-4-11(17)3-12(18)5-13;1-8-11(5-20(19-8)10-6-21-7-10)17-13-16-4-9(3-14)12(15-2)18-13;1-8-11(5-17-20(8)10-6-21-7-10)18-13-16-4-9(3-14)12(15-2)19-13;1-4-5-20-8-11(9(2)19-20)17-13-16-7-10(6-14)12(15-3)18-13/h3-5,7-8H,1-2H3,(H2,20,21,23,24);4-5,10H,6-7H2,1-2H3,(H2,15,16,17,18);4-5,10H,6-7H2,1-2H3,(H2,15,16,18,19);7-8H,4-5H2,1-3H3,(H2,15,16,17,18). The van der Waals surface area contributed by atoms with Crippen molar-refractivity contribution in [3.63, 3.8) is 0 Å². The summed E-state index contributed by atoms with van der Waals surface area (Å²) in [5.41, 5.74) is 8.28. The molecule has 8 N–H and O–H groups in total. The number of nitrogens with zero attached hydrogens (tertiary/aromatic N) is 20. The highest BCUT2D eigenvalue weighted by Crippen LogP contribution is 2.28. The quantitative estimate of drug-likeness (QED) is 0.0441. The second-order valence-electron chi connectivity index (χ2n) is 18.9.